The van der Waals surface area contributed by atoms with E-state index in [4.69, 9.17) is 12.6 Å². The number of azo groups is 1. The van der Waals surface area contributed by atoms with E-state index in [1.165, 1.54) is 54.6 Å². The van der Waals surface area contributed by atoms with Crippen LogP contribution in [0.3, 0.4) is 0 Å². The number of benzene rings is 4. The first-order valence-electron chi connectivity index (χ1n) is 12.6. The van der Waals surface area contributed by atoms with Crippen LogP contribution >= 0.6 is 0 Å². The molecule has 53 heavy (non-hydrogen) atoms. The molecule has 0 aliphatic heterocycles. The van der Waals surface area contributed by atoms with E-state index < -0.39 is 61.2 Å². The number of fused-ring (bicyclic) bond motifs is 1. The Hall–Kier alpha value is -1.58. The quantitative estimate of drug-likeness (QED) is 0.0539. The van der Waals surface area contributed by atoms with E-state index in [1.807, 2.05) is 0 Å². The van der Waals surface area contributed by atoms with Crippen molar-refractivity contribution in [2.24, 2.45) is 10.2 Å². The Bertz CT molecular complexity index is 2350. The Morgan fingerprint density at radius 3 is 1.83 bits per heavy atom. The van der Waals surface area contributed by atoms with Gasteiger partial charge in [0.25, 0.3) is 0 Å². The standard InChI is InChI=1S/C27H18N7O9S.5Na.O3S/c35-22-19(34-33-18-8-4-2-6-16(18)24(38)39)10-9-13-11-14(44(41,42)43)12-20(21(13)22)29-26-30-25(31-27(40)32-26)28-17-7-3-1-5-15(17)23(36)37;;;;;;1-4(2)3/h1-9,11-12,35H,(H,36,37)(H,38,39)(H,41,42,43)(H3,28,29,30,31,32,40);;;;;;/q-1;5*+1;/p-4. The second-order valence-electron chi connectivity index (χ2n) is 8.93. The molecule has 0 aliphatic carbocycles. The summed E-state index contributed by atoms with van der Waals surface area (Å²) < 4.78 is 61.0. The van der Waals surface area contributed by atoms with Crippen molar-refractivity contribution in [3.63, 3.8) is 0 Å². The van der Waals surface area contributed by atoms with Crippen molar-refractivity contribution in [3.05, 3.63) is 83.9 Å². The van der Waals surface area contributed by atoms with Crippen LogP contribution in [0.2, 0.25) is 0 Å². The molecule has 0 saturated carbocycles. The van der Waals surface area contributed by atoms with Crippen LogP contribution in [0, 0.1) is 6.07 Å². The number of nitrogens with one attached hydrogen (secondary N) is 2. The summed E-state index contributed by atoms with van der Waals surface area (Å²) in [5.41, 5.74) is -1.25. The fourth-order valence-electron chi connectivity index (χ4n) is 3.98. The first-order valence-corrected chi connectivity index (χ1v) is 15.0. The van der Waals surface area contributed by atoms with Gasteiger partial charge in [0.2, 0.25) is 11.9 Å². The van der Waals surface area contributed by atoms with E-state index in [0.29, 0.717) is 0 Å². The molecule has 0 radical (unpaired) electrons. The Morgan fingerprint density at radius 1 is 0.774 bits per heavy atom. The molecule has 5 aromatic rings. The number of carbonyl (C=O) groups excluding carboxylic acids is 2. The number of phenolic OH excluding ortho intramolecular Hbond substituents is 1. The normalized spacial score (nSPS) is 9.98. The number of aromatic carboxylic acids is 2. The number of hydrogen-bond donors (Lipinski definition) is 3. The molecule has 3 N–H and O–H groups in total. The van der Waals surface area contributed by atoms with Crippen molar-refractivity contribution in [1.82, 2.24) is 15.0 Å². The molecule has 19 nitrogen and oxygen atoms in total. The molecule has 0 atom stereocenters. The molecule has 1 heterocycles. The molecule has 5 rings (SSSR count). The van der Waals surface area contributed by atoms with Crippen LogP contribution in [0.25, 0.3) is 10.8 Å². The average Bonchev–Trinajstić information content (AvgIpc) is 3.00. The van der Waals surface area contributed by atoms with Crippen molar-refractivity contribution in [2.45, 2.75) is 4.90 Å². The van der Waals surface area contributed by atoms with Gasteiger partial charge in [-0.05, 0) is 18.2 Å². The van der Waals surface area contributed by atoms with Gasteiger partial charge in [-0.3, -0.25) is 0 Å². The van der Waals surface area contributed by atoms with Crippen LogP contribution < -0.4 is 174 Å². The van der Waals surface area contributed by atoms with E-state index in [0.717, 1.165) is 12.1 Å². The zero-order valence-electron chi connectivity index (χ0n) is 28.3. The van der Waals surface area contributed by atoms with E-state index in [2.05, 4.69) is 41.9 Å². The van der Waals surface area contributed by atoms with Gasteiger partial charge >= 0.3 is 158 Å². The third kappa shape index (κ3) is 15.1. The van der Waals surface area contributed by atoms with E-state index in [9.17, 15) is 43.0 Å². The third-order valence-corrected chi connectivity index (χ3v) is 6.71. The van der Waals surface area contributed by atoms with Crippen LogP contribution in [0.15, 0.2) is 81.9 Å². The number of anilines is 4. The molecule has 246 valence electrons. The summed E-state index contributed by atoms with van der Waals surface area (Å²) in [6.07, 6.45) is 0. The van der Waals surface area contributed by atoms with Gasteiger partial charge < -0.3 is 45.2 Å². The van der Waals surface area contributed by atoms with Gasteiger partial charge in [-0.25, -0.2) is 18.4 Å². The monoisotopic (exact) mass is 807 g/mol. The Kier molecular flexibility index (Phi) is 24.4. The second-order valence-corrected chi connectivity index (χ2v) is 10.7. The van der Waals surface area contributed by atoms with Gasteiger partial charge in [-0.15, -0.1) is 18.0 Å². The molecular weight excluding hydrogens is 793 g/mol. The summed E-state index contributed by atoms with van der Waals surface area (Å²) in [5.74, 6) is -4.56. The number of carboxylic acids is 2. The van der Waals surface area contributed by atoms with Gasteiger partial charge in [-0.2, -0.15) is 27.3 Å². The molecule has 0 fully saturated rings. The number of rotatable bonds is 9. The second kappa shape index (κ2) is 24.1. The van der Waals surface area contributed by atoms with Crippen molar-refractivity contribution >= 4 is 78.1 Å². The summed E-state index contributed by atoms with van der Waals surface area (Å²) >= 11 is 0. The Labute approximate surface area is 411 Å². The first-order chi connectivity index (χ1) is 22.6. The molecule has 0 amide bonds. The van der Waals surface area contributed by atoms with Crippen molar-refractivity contribution in [3.8, 4) is 11.8 Å². The minimum Gasteiger partial charge on any atom is -0.844 e. The minimum atomic E-state index is -5.04. The first kappa shape index (κ1) is 53.5. The van der Waals surface area contributed by atoms with E-state index in [1.54, 1.807) is 0 Å². The number of aromatic hydroxyl groups is 1. The van der Waals surface area contributed by atoms with E-state index in [-0.39, 0.29) is 192 Å². The SMILES string of the molecule is O=C([O-])c1ccccc1N=Nc1[c-]cc2cc(S(=O)(=O)[O-])cc(Nc3nc([O-])nc(Nc4ccccc4C(=O)[O-])n3)c2c1O.O=S(=O)=O.[Na+].[Na+].[Na+].[Na+].[Na+]. The number of aromatic nitrogens is 3. The Balaban J connectivity index is 0. The number of hydrogen-bond acceptors (Lipinski definition) is 19. The van der Waals surface area contributed by atoms with Crippen LogP contribution in [0.5, 0.6) is 11.8 Å². The molecule has 0 aliphatic rings. The number of phenols is 1. The Morgan fingerprint density at radius 2 is 1.28 bits per heavy atom. The van der Waals surface area contributed by atoms with Crippen LogP contribution in [0.1, 0.15) is 20.7 Å². The van der Waals surface area contributed by atoms with Gasteiger partial charge in [0.05, 0.1) is 23.6 Å². The van der Waals surface area contributed by atoms with Crippen molar-refractivity contribution in [1.29, 1.82) is 0 Å². The molecule has 0 saturated heterocycles. The number of carbonyl (C=O) groups is 2. The zero-order chi connectivity index (χ0) is 35.2. The average molecular weight is 808 g/mol. The fraction of sp³-hybridized carbons (Fsp3) is 0. The molecule has 26 heteroatoms. The number of para-hydroxylation sites is 1. The smallest absolute Gasteiger partial charge is 0.844 e. The minimum absolute atomic E-state index is 0. The topological polar surface area (TPSA) is 319 Å². The predicted octanol–water partition coefficient (Wildman–Crippen LogP) is -14.8. The summed E-state index contributed by atoms with van der Waals surface area (Å²) in [5, 5.41) is 58.8. The largest absolute Gasteiger partial charge is 1.00 e. The molecule has 1 aromatic heterocycles. The zero-order valence-corrected chi connectivity index (χ0v) is 40.0. The molecule has 4 aromatic carbocycles. The van der Waals surface area contributed by atoms with Gasteiger partial charge in [0, 0.05) is 38.8 Å². The van der Waals surface area contributed by atoms with Crippen LogP contribution in [-0.4, -0.2) is 57.6 Å². The molecule has 0 unspecified atom stereocenters. The fourth-order valence-corrected chi connectivity index (χ4v) is 4.52. The summed E-state index contributed by atoms with van der Waals surface area (Å²) in [4.78, 5) is 33.3. The van der Waals surface area contributed by atoms with Crippen molar-refractivity contribution < 1.29 is 203 Å². The summed E-state index contributed by atoms with van der Waals surface area (Å²) in [7, 11) is -8.15. The maximum absolute atomic E-state index is 12.3. The number of carboxylic acid groups (broad SMARTS) is 2. The van der Waals surface area contributed by atoms with Crippen molar-refractivity contribution in [2.75, 3.05) is 10.6 Å². The maximum Gasteiger partial charge on any atom is 1.00 e. The molecule has 0 bridgehead atoms. The number of nitrogens with zero attached hydrogens (tertiary/aromatic N) is 5. The van der Waals surface area contributed by atoms with Gasteiger partial charge in [0.1, 0.15) is 10.1 Å². The summed E-state index contributed by atoms with van der Waals surface area (Å²) in [6, 6.07) is 15.5. The van der Waals surface area contributed by atoms with Gasteiger partial charge in [0.15, 0.2) is 0 Å². The predicted molar refractivity (Wildman–Crippen MR) is 154 cm³/mol. The van der Waals surface area contributed by atoms with E-state index >= 15 is 0 Å². The maximum atomic E-state index is 12.3. The van der Waals surface area contributed by atoms with Crippen LogP contribution in [-0.2, 0) is 20.7 Å². The van der Waals surface area contributed by atoms with Crippen LogP contribution in [0.4, 0.5) is 34.6 Å². The van der Waals surface area contributed by atoms with Gasteiger partial charge in [-0.1, -0.05) is 47.9 Å². The third-order valence-electron chi connectivity index (χ3n) is 5.89. The summed E-state index contributed by atoms with van der Waals surface area (Å²) in [6.45, 7) is 0. The molecule has 0 spiro atoms. The molecular formula is C27H14N7Na5O12S2.